The molecular weight excluding hydrogens is 603 g/mol. The number of hydrogen-bond donors (Lipinski definition) is 2. The van der Waals surface area contributed by atoms with Gasteiger partial charge in [0.25, 0.3) is 10.0 Å². The van der Waals surface area contributed by atoms with Crippen LogP contribution in [-0.4, -0.2) is 69.8 Å². The second-order valence-electron chi connectivity index (χ2n) is 10.3. The van der Waals surface area contributed by atoms with Crippen molar-refractivity contribution < 1.29 is 25.8 Å². The molecule has 1 aliphatic heterocycles. The minimum absolute atomic E-state index is 0.0227. The molecule has 6 rings (SSSR count). The number of aromatic nitrogens is 2. The molecule has 3 heterocycles. The lowest BCUT2D eigenvalue weighted by molar-refractivity contribution is -0.133. The molecule has 5 aromatic rings. The monoisotopic (exact) mass is 631 g/mol. The first-order chi connectivity index (χ1) is 21.2. The lowest BCUT2D eigenvalue weighted by atomic mass is 10.1. The van der Waals surface area contributed by atoms with Gasteiger partial charge >= 0.3 is 10.1 Å². The Balaban J connectivity index is 1.22. The minimum atomic E-state index is -4.22. The summed E-state index contributed by atoms with van der Waals surface area (Å²) < 4.78 is 60.6. The third kappa shape index (κ3) is 6.55. The van der Waals surface area contributed by atoms with Crippen LogP contribution in [0.15, 0.2) is 107 Å². The summed E-state index contributed by atoms with van der Waals surface area (Å²) >= 11 is 0. The van der Waals surface area contributed by atoms with Crippen molar-refractivity contribution >= 4 is 47.9 Å². The summed E-state index contributed by atoms with van der Waals surface area (Å²) in [5.41, 5.74) is 1.64. The van der Waals surface area contributed by atoms with Gasteiger partial charge < -0.3 is 14.4 Å². The molecule has 2 aromatic heterocycles. The highest BCUT2D eigenvalue weighted by Gasteiger charge is 2.31. The summed E-state index contributed by atoms with van der Waals surface area (Å²) in [6.45, 7) is 2.09. The van der Waals surface area contributed by atoms with E-state index >= 15 is 0 Å². The number of pyridine rings is 2. The first-order valence-electron chi connectivity index (χ1n) is 13.9. The molecule has 1 saturated heterocycles. The summed E-state index contributed by atoms with van der Waals surface area (Å²) in [5, 5.41) is 4.36. The van der Waals surface area contributed by atoms with Crippen molar-refractivity contribution in [2.24, 2.45) is 0 Å². The molecule has 2 N–H and O–H groups in total. The second kappa shape index (κ2) is 12.3. The zero-order valence-electron chi connectivity index (χ0n) is 23.5. The Morgan fingerprint density at radius 3 is 1.98 bits per heavy atom. The van der Waals surface area contributed by atoms with Gasteiger partial charge in [0.2, 0.25) is 5.91 Å². The average Bonchev–Trinajstić information content (AvgIpc) is 3.04. The molecule has 0 bridgehead atoms. The summed E-state index contributed by atoms with van der Waals surface area (Å²) in [4.78, 5) is 23.7. The number of amides is 1. The summed E-state index contributed by atoms with van der Waals surface area (Å²) in [6.07, 6.45) is 0.0227. The zero-order chi connectivity index (χ0) is 30.7. The Bertz CT molecular complexity index is 2050. The predicted octanol–water partition coefficient (Wildman–Crippen LogP) is 2.87. The molecule has 3 aromatic carbocycles. The van der Waals surface area contributed by atoms with Crippen LogP contribution in [0.5, 0.6) is 5.75 Å². The van der Waals surface area contributed by atoms with Gasteiger partial charge in [-0.3, -0.25) is 4.79 Å². The smallest absolute Gasteiger partial charge is 0.356 e. The number of nitrogens with one attached hydrogen (secondary N) is 2. The molecular formula is C31H29N5O6S2. The minimum Gasteiger partial charge on any atom is -0.378 e. The van der Waals surface area contributed by atoms with Gasteiger partial charge in [-0.2, -0.15) is 13.1 Å². The van der Waals surface area contributed by atoms with Crippen LogP contribution < -0.4 is 14.2 Å². The fourth-order valence-corrected chi connectivity index (χ4v) is 7.04. The molecule has 1 atom stereocenters. The summed E-state index contributed by atoms with van der Waals surface area (Å²) in [6, 6.07) is 25.4. The third-order valence-corrected chi connectivity index (χ3v) is 9.79. The van der Waals surface area contributed by atoms with Gasteiger partial charge in [0.05, 0.1) is 11.0 Å². The number of carbonyl (C=O) groups excluding carboxylic acids is 1. The van der Waals surface area contributed by atoms with Crippen molar-refractivity contribution in [2.45, 2.75) is 22.5 Å². The van der Waals surface area contributed by atoms with Crippen molar-refractivity contribution in [1.82, 2.24) is 24.9 Å². The van der Waals surface area contributed by atoms with Crippen LogP contribution in [0.1, 0.15) is 5.56 Å². The molecule has 11 nitrogen and oxygen atoms in total. The zero-order valence-corrected chi connectivity index (χ0v) is 25.1. The molecule has 226 valence electrons. The van der Waals surface area contributed by atoms with Crippen molar-refractivity contribution in [3.8, 4) is 5.75 Å². The first-order valence-corrected chi connectivity index (χ1v) is 16.8. The van der Waals surface area contributed by atoms with Crippen LogP contribution >= 0.6 is 0 Å². The highest BCUT2D eigenvalue weighted by Crippen LogP contribution is 2.22. The van der Waals surface area contributed by atoms with E-state index in [1.54, 1.807) is 53.4 Å². The van der Waals surface area contributed by atoms with Gasteiger partial charge in [-0.1, -0.05) is 48.5 Å². The van der Waals surface area contributed by atoms with E-state index in [2.05, 4.69) is 20.0 Å². The molecule has 44 heavy (non-hydrogen) atoms. The van der Waals surface area contributed by atoms with Crippen molar-refractivity contribution in [1.29, 1.82) is 0 Å². The first kappa shape index (κ1) is 29.6. The standard InChI is InChI=1S/C31H29N5O6S2/c37-31(36-19-17-32-18-20-36)28(35-43(38,39)29-15-11-23-5-1-3-7-26(23)33-29)21-22-9-13-25(14-10-22)42-44(40,41)30-16-12-24-6-2-4-8-27(24)34-30/h1-16,28,32,35H,17-21H2/t28-/m0/s1. The Labute approximate surface area is 255 Å². The average molecular weight is 632 g/mol. The van der Waals surface area contributed by atoms with Crippen LogP contribution in [0.3, 0.4) is 0 Å². The quantitative estimate of drug-likeness (QED) is 0.234. The Hall–Kier alpha value is -4.43. The molecule has 0 radical (unpaired) electrons. The van der Waals surface area contributed by atoms with Gasteiger partial charge in [-0.25, -0.2) is 18.4 Å². The fraction of sp³-hybridized carbons (Fsp3) is 0.194. The van der Waals surface area contributed by atoms with E-state index in [0.717, 1.165) is 10.8 Å². The third-order valence-electron chi connectivity index (χ3n) is 7.27. The van der Waals surface area contributed by atoms with E-state index in [0.29, 0.717) is 42.8 Å². The SMILES string of the molecule is O=C([C@H](Cc1ccc(OS(=O)(=O)c2ccc3ccccc3n2)cc1)NS(=O)(=O)c1ccc2ccccc2n1)N1CCNCC1. The topological polar surface area (TPSA) is 148 Å². The second-order valence-corrected chi connectivity index (χ2v) is 13.5. The van der Waals surface area contributed by atoms with Crippen molar-refractivity contribution in [2.75, 3.05) is 26.2 Å². The molecule has 1 amide bonds. The normalized spacial score (nSPS) is 14.9. The number of piperazine rings is 1. The fourth-order valence-electron chi connectivity index (χ4n) is 5.00. The van der Waals surface area contributed by atoms with E-state index in [1.807, 2.05) is 24.3 Å². The van der Waals surface area contributed by atoms with E-state index < -0.39 is 26.2 Å². The van der Waals surface area contributed by atoms with Gasteiger partial charge in [0.15, 0.2) is 10.1 Å². The largest absolute Gasteiger partial charge is 0.378 e. The van der Waals surface area contributed by atoms with E-state index in [1.165, 1.54) is 24.3 Å². The Kier molecular flexibility index (Phi) is 8.27. The van der Waals surface area contributed by atoms with Gasteiger partial charge in [-0.05, 0) is 60.5 Å². The van der Waals surface area contributed by atoms with Crippen molar-refractivity contribution in [3.63, 3.8) is 0 Å². The van der Waals surface area contributed by atoms with E-state index in [9.17, 15) is 21.6 Å². The molecule has 0 spiro atoms. The highest BCUT2D eigenvalue weighted by molar-refractivity contribution is 7.89. The van der Waals surface area contributed by atoms with Crippen LogP contribution in [0.4, 0.5) is 0 Å². The van der Waals surface area contributed by atoms with Crippen molar-refractivity contribution in [3.05, 3.63) is 103 Å². The van der Waals surface area contributed by atoms with Crippen LogP contribution in [0.2, 0.25) is 0 Å². The maximum Gasteiger partial charge on any atom is 0.356 e. The number of para-hydroxylation sites is 2. The molecule has 0 saturated carbocycles. The predicted molar refractivity (Wildman–Crippen MR) is 165 cm³/mol. The lowest BCUT2D eigenvalue weighted by Crippen LogP contribution is -2.54. The van der Waals surface area contributed by atoms with Crippen LogP contribution in [-0.2, 0) is 31.4 Å². The summed E-state index contributed by atoms with van der Waals surface area (Å²) in [7, 11) is -8.38. The maximum absolute atomic E-state index is 13.6. The number of hydrogen-bond acceptors (Lipinski definition) is 9. The Morgan fingerprint density at radius 1 is 0.773 bits per heavy atom. The van der Waals surface area contributed by atoms with E-state index in [-0.39, 0.29) is 28.1 Å². The van der Waals surface area contributed by atoms with Crippen LogP contribution in [0, 0.1) is 0 Å². The number of nitrogens with zero attached hydrogens (tertiary/aromatic N) is 3. The molecule has 1 aliphatic rings. The molecule has 13 heteroatoms. The number of sulfonamides is 1. The maximum atomic E-state index is 13.6. The molecule has 1 fully saturated rings. The highest BCUT2D eigenvalue weighted by atomic mass is 32.2. The van der Waals surface area contributed by atoms with Gasteiger partial charge in [0.1, 0.15) is 11.8 Å². The van der Waals surface area contributed by atoms with Gasteiger partial charge in [-0.15, -0.1) is 0 Å². The Morgan fingerprint density at radius 2 is 1.34 bits per heavy atom. The number of rotatable bonds is 9. The lowest BCUT2D eigenvalue weighted by Gasteiger charge is -2.31. The molecule has 0 unspecified atom stereocenters. The van der Waals surface area contributed by atoms with Crippen LogP contribution in [0.25, 0.3) is 21.8 Å². The van der Waals surface area contributed by atoms with E-state index in [4.69, 9.17) is 4.18 Å². The number of fused-ring (bicyclic) bond motifs is 2. The number of benzene rings is 3. The number of carbonyl (C=O) groups is 1. The van der Waals surface area contributed by atoms with Gasteiger partial charge in [0, 0.05) is 37.0 Å². The summed E-state index contributed by atoms with van der Waals surface area (Å²) in [5.74, 6) is -0.309. The molecule has 0 aliphatic carbocycles.